The minimum atomic E-state index is -4.76. The predicted molar refractivity (Wildman–Crippen MR) is 105 cm³/mol. The SMILES string of the molecule is CC(C)(C)c1cccc(Oc2cc(-c3cccc(OC(F)(F)F)c3)ccc2O)c1. The first kappa shape index (κ1) is 20.6. The van der Waals surface area contributed by atoms with E-state index >= 15 is 0 Å². The Bertz CT molecular complexity index is 1000. The standard InChI is InChI=1S/C23H21F3O3/c1-22(2,3)17-7-5-8-18(14-17)28-21-13-16(10-11-20(21)27)15-6-4-9-19(12-15)29-23(24,25)26/h4-14,27H,1-3H3. The van der Waals surface area contributed by atoms with Crippen molar-refractivity contribution in [2.45, 2.75) is 32.5 Å². The smallest absolute Gasteiger partial charge is 0.504 e. The molecule has 0 unspecified atom stereocenters. The van der Waals surface area contributed by atoms with E-state index in [4.69, 9.17) is 4.74 Å². The molecule has 3 rings (SSSR count). The van der Waals surface area contributed by atoms with Crippen LogP contribution in [-0.4, -0.2) is 11.5 Å². The molecule has 29 heavy (non-hydrogen) atoms. The summed E-state index contributed by atoms with van der Waals surface area (Å²) in [5, 5.41) is 10.2. The normalized spacial score (nSPS) is 11.9. The quantitative estimate of drug-likeness (QED) is 0.508. The number of aromatic hydroxyl groups is 1. The molecule has 3 aromatic rings. The van der Waals surface area contributed by atoms with E-state index in [0.29, 0.717) is 16.9 Å². The number of ether oxygens (including phenoxy) is 2. The zero-order chi connectivity index (χ0) is 21.2. The van der Waals surface area contributed by atoms with Gasteiger partial charge in [0.05, 0.1) is 0 Å². The van der Waals surface area contributed by atoms with Crippen LogP contribution in [0.25, 0.3) is 11.1 Å². The highest BCUT2D eigenvalue weighted by atomic mass is 19.4. The molecule has 0 fully saturated rings. The van der Waals surface area contributed by atoms with Crippen LogP contribution in [0.5, 0.6) is 23.0 Å². The Balaban J connectivity index is 1.91. The lowest BCUT2D eigenvalue weighted by Gasteiger charge is -2.20. The summed E-state index contributed by atoms with van der Waals surface area (Å²) in [6.45, 7) is 6.25. The van der Waals surface area contributed by atoms with E-state index in [1.807, 2.05) is 18.2 Å². The second-order valence-electron chi connectivity index (χ2n) is 7.64. The lowest BCUT2D eigenvalue weighted by Crippen LogP contribution is -2.17. The third kappa shape index (κ3) is 5.44. The molecule has 152 valence electrons. The highest BCUT2D eigenvalue weighted by Crippen LogP contribution is 2.37. The van der Waals surface area contributed by atoms with Gasteiger partial charge in [0.2, 0.25) is 0 Å². The largest absolute Gasteiger partial charge is 0.573 e. The van der Waals surface area contributed by atoms with Gasteiger partial charge in [-0.1, -0.05) is 51.1 Å². The van der Waals surface area contributed by atoms with Crippen LogP contribution < -0.4 is 9.47 Å². The molecule has 0 aliphatic rings. The fraction of sp³-hybridized carbons (Fsp3) is 0.217. The zero-order valence-corrected chi connectivity index (χ0v) is 16.2. The van der Waals surface area contributed by atoms with E-state index in [1.165, 1.54) is 24.3 Å². The van der Waals surface area contributed by atoms with Gasteiger partial charge < -0.3 is 14.6 Å². The van der Waals surface area contributed by atoms with Crippen LogP contribution in [0, 0.1) is 0 Å². The summed E-state index contributed by atoms with van der Waals surface area (Å²) in [6.07, 6.45) is -4.76. The van der Waals surface area contributed by atoms with E-state index in [0.717, 1.165) is 5.56 Å². The number of hydrogen-bond acceptors (Lipinski definition) is 3. The summed E-state index contributed by atoms with van der Waals surface area (Å²) in [6, 6.07) is 17.8. The van der Waals surface area contributed by atoms with Crippen molar-refractivity contribution in [3.05, 3.63) is 72.3 Å². The molecule has 0 atom stereocenters. The minimum absolute atomic E-state index is 0.0673. The Morgan fingerprint density at radius 3 is 2.10 bits per heavy atom. The van der Waals surface area contributed by atoms with Crippen molar-refractivity contribution in [1.29, 1.82) is 0 Å². The molecule has 0 amide bonds. The summed E-state index contributed by atoms with van der Waals surface area (Å²) in [5.74, 6) is 0.371. The zero-order valence-electron chi connectivity index (χ0n) is 16.2. The third-order valence-electron chi connectivity index (χ3n) is 4.29. The molecule has 0 aliphatic heterocycles. The number of rotatable bonds is 4. The first-order chi connectivity index (χ1) is 13.5. The fourth-order valence-electron chi connectivity index (χ4n) is 2.80. The number of halogens is 3. The van der Waals surface area contributed by atoms with Crippen LogP contribution in [0.3, 0.4) is 0 Å². The highest BCUT2D eigenvalue weighted by molar-refractivity contribution is 5.68. The van der Waals surface area contributed by atoms with E-state index < -0.39 is 6.36 Å². The van der Waals surface area contributed by atoms with Gasteiger partial charge in [-0.25, -0.2) is 0 Å². The summed E-state index contributed by atoms with van der Waals surface area (Å²) < 4.78 is 47.3. The lowest BCUT2D eigenvalue weighted by molar-refractivity contribution is -0.274. The molecule has 0 radical (unpaired) electrons. The lowest BCUT2D eigenvalue weighted by atomic mass is 9.87. The number of hydrogen-bond donors (Lipinski definition) is 1. The van der Waals surface area contributed by atoms with Gasteiger partial charge in [-0.3, -0.25) is 0 Å². The van der Waals surface area contributed by atoms with Gasteiger partial charge in [0.1, 0.15) is 11.5 Å². The van der Waals surface area contributed by atoms with Crippen molar-refractivity contribution in [2.75, 3.05) is 0 Å². The molecule has 0 saturated carbocycles. The Kier molecular flexibility index (Phi) is 5.46. The van der Waals surface area contributed by atoms with Crippen molar-refractivity contribution in [2.24, 2.45) is 0 Å². The number of benzene rings is 3. The average molecular weight is 402 g/mol. The Hall–Kier alpha value is -3.15. The first-order valence-electron chi connectivity index (χ1n) is 8.99. The molecular weight excluding hydrogens is 381 g/mol. The molecule has 6 heteroatoms. The van der Waals surface area contributed by atoms with Crippen LogP contribution in [0.4, 0.5) is 13.2 Å². The number of alkyl halides is 3. The van der Waals surface area contributed by atoms with Crippen molar-refractivity contribution in [3.8, 4) is 34.1 Å². The average Bonchev–Trinajstić information content (AvgIpc) is 2.62. The third-order valence-corrected chi connectivity index (χ3v) is 4.29. The molecule has 0 heterocycles. The van der Waals surface area contributed by atoms with Gasteiger partial charge in [0.25, 0.3) is 0 Å². The monoisotopic (exact) mass is 402 g/mol. The molecular formula is C23H21F3O3. The topological polar surface area (TPSA) is 38.7 Å². The van der Waals surface area contributed by atoms with Crippen LogP contribution in [0.1, 0.15) is 26.3 Å². The van der Waals surface area contributed by atoms with Crippen molar-refractivity contribution >= 4 is 0 Å². The van der Waals surface area contributed by atoms with Gasteiger partial charge in [0.15, 0.2) is 11.5 Å². The maximum Gasteiger partial charge on any atom is 0.573 e. The maximum absolute atomic E-state index is 12.5. The van der Waals surface area contributed by atoms with E-state index in [2.05, 4.69) is 25.5 Å². The fourth-order valence-corrected chi connectivity index (χ4v) is 2.80. The maximum atomic E-state index is 12.5. The van der Waals surface area contributed by atoms with Crippen LogP contribution in [-0.2, 0) is 5.41 Å². The molecule has 0 aromatic heterocycles. The van der Waals surface area contributed by atoms with Crippen molar-refractivity contribution in [1.82, 2.24) is 0 Å². The van der Waals surface area contributed by atoms with Gasteiger partial charge in [0, 0.05) is 0 Å². The van der Waals surface area contributed by atoms with Crippen LogP contribution in [0.15, 0.2) is 66.7 Å². The van der Waals surface area contributed by atoms with Crippen LogP contribution >= 0.6 is 0 Å². The van der Waals surface area contributed by atoms with Crippen molar-refractivity contribution in [3.63, 3.8) is 0 Å². The van der Waals surface area contributed by atoms with Gasteiger partial charge in [-0.15, -0.1) is 13.2 Å². The summed E-state index contributed by atoms with van der Waals surface area (Å²) >= 11 is 0. The first-order valence-corrected chi connectivity index (χ1v) is 8.99. The number of phenolic OH excluding ortho intramolecular Hbond substituents is 1. The number of phenols is 1. The second-order valence-corrected chi connectivity index (χ2v) is 7.64. The highest BCUT2D eigenvalue weighted by Gasteiger charge is 2.31. The van der Waals surface area contributed by atoms with Gasteiger partial charge >= 0.3 is 6.36 Å². The Labute approximate surface area is 167 Å². The summed E-state index contributed by atoms with van der Waals surface area (Å²) in [5.41, 5.74) is 2.09. The Morgan fingerprint density at radius 1 is 0.759 bits per heavy atom. The van der Waals surface area contributed by atoms with Gasteiger partial charge in [-0.05, 0) is 58.5 Å². The molecule has 0 saturated heterocycles. The molecule has 1 N–H and O–H groups in total. The molecule has 3 nitrogen and oxygen atoms in total. The molecule has 3 aromatic carbocycles. The molecule has 0 aliphatic carbocycles. The second kappa shape index (κ2) is 7.70. The minimum Gasteiger partial charge on any atom is -0.504 e. The van der Waals surface area contributed by atoms with E-state index in [1.54, 1.807) is 24.3 Å². The summed E-state index contributed by atoms with van der Waals surface area (Å²) in [4.78, 5) is 0. The van der Waals surface area contributed by atoms with Crippen LogP contribution in [0.2, 0.25) is 0 Å². The van der Waals surface area contributed by atoms with Gasteiger partial charge in [-0.2, -0.15) is 0 Å². The van der Waals surface area contributed by atoms with E-state index in [9.17, 15) is 18.3 Å². The van der Waals surface area contributed by atoms with E-state index in [-0.39, 0.29) is 22.7 Å². The summed E-state index contributed by atoms with van der Waals surface area (Å²) in [7, 11) is 0. The predicted octanol–water partition coefficient (Wildman–Crippen LogP) is 7.05. The molecule has 0 spiro atoms. The van der Waals surface area contributed by atoms with Crippen molar-refractivity contribution < 1.29 is 27.8 Å². The molecule has 0 bridgehead atoms. The Morgan fingerprint density at radius 2 is 1.41 bits per heavy atom.